The van der Waals surface area contributed by atoms with E-state index in [1.54, 1.807) is 12.1 Å². The molecule has 1 aliphatic carbocycles. The maximum Gasteiger partial charge on any atom is 0.343 e. The van der Waals surface area contributed by atoms with Gasteiger partial charge in [0.15, 0.2) is 0 Å². The van der Waals surface area contributed by atoms with Crippen molar-refractivity contribution >= 4 is 5.97 Å². The highest BCUT2D eigenvalue weighted by Crippen LogP contribution is 2.41. The standard InChI is InChI=1S/C20H19NO2/c1-3-14-21(2)17-13-12-15-10-7-11-18(19(15)17)23-20(22)16-8-5-4-6-9-16/h1,4-11,17H,12-14H2,2H3. The summed E-state index contributed by atoms with van der Waals surface area (Å²) in [5.41, 5.74) is 2.88. The van der Waals surface area contributed by atoms with Gasteiger partial charge < -0.3 is 4.74 Å². The van der Waals surface area contributed by atoms with Crippen LogP contribution < -0.4 is 4.74 Å². The van der Waals surface area contributed by atoms with Crippen LogP contribution in [0.1, 0.15) is 33.9 Å². The second kappa shape index (κ2) is 6.68. The summed E-state index contributed by atoms with van der Waals surface area (Å²) < 4.78 is 5.68. The predicted octanol–water partition coefficient (Wildman–Crippen LogP) is 3.46. The zero-order valence-electron chi connectivity index (χ0n) is 13.2. The average molecular weight is 305 g/mol. The smallest absolute Gasteiger partial charge is 0.343 e. The molecule has 0 amide bonds. The first-order chi connectivity index (χ1) is 11.2. The van der Waals surface area contributed by atoms with Crippen LogP contribution in [0, 0.1) is 12.3 Å². The van der Waals surface area contributed by atoms with Crippen LogP contribution in [0.25, 0.3) is 0 Å². The molecule has 0 spiro atoms. The molecule has 0 aliphatic heterocycles. The number of ether oxygens (including phenoxy) is 1. The number of hydrogen-bond acceptors (Lipinski definition) is 3. The first-order valence-electron chi connectivity index (χ1n) is 7.73. The Labute approximate surface area is 136 Å². The number of esters is 1. The van der Waals surface area contributed by atoms with Crippen molar-refractivity contribution in [1.29, 1.82) is 0 Å². The molecule has 3 heteroatoms. The van der Waals surface area contributed by atoms with Gasteiger partial charge in [0.2, 0.25) is 0 Å². The molecule has 0 fully saturated rings. The van der Waals surface area contributed by atoms with E-state index in [1.807, 2.05) is 37.4 Å². The second-order valence-electron chi connectivity index (χ2n) is 5.76. The van der Waals surface area contributed by atoms with Crippen molar-refractivity contribution in [3.63, 3.8) is 0 Å². The third kappa shape index (κ3) is 3.13. The zero-order valence-corrected chi connectivity index (χ0v) is 13.2. The second-order valence-corrected chi connectivity index (χ2v) is 5.76. The zero-order chi connectivity index (χ0) is 16.2. The van der Waals surface area contributed by atoms with Crippen LogP contribution in [0.2, 0.25) is 0 Å². The van der Waals surface area contributed by atoms with E-state index in [0.717, 1.165) is 18.4 Å². The first-order valence-corrected chi connectivity index (χ1v) is 7.73. The number of fused-ring (bicyclic) bond motifs is 1. The Kier molecular flexibility index (Phi) is 4.45. The van der Waals surface area contributed by atoms with E-state index in [-0.39, 0.29) is 12.0 Å². The highest BCUT2D eigenvalue weighted by atomic mass is 16.5. The molecule has 1 unspecified atom stereocenters. The Morgan fingerprint density at radius 2 is 2.04 bits per heavy atom. The lowest BCUT2D eigenvalue weighted by Gasteiger charge is -2.24. The molecule has 1 atom stereocenters. The van der Waals surface area contributed by atoms with Crippen LogP contribution in [0.3, 0.4) is 0 Å². The van der Waals surface area contributed by atoms with Gasteiger partial charge in [0.05, 0.1) is 12.1 Å². The van der Waals surface area contributed by atoms with Gasteiger partial charge >= 0.3 is 5.97 Å². The SMILES string of the molecule is C#CCN(C)C1CCc2cccc(OC(=O)c3ccccc3)c21. The molecule has 116 valence electrons. The first kappa shape index (κ1) is 15.3. The highest BCUT2D eigenvalue weighted by molar-refractivity contribution is 5.91. The highest BCUT2D eigenvalue weighted by Gasteiger charge is 2.29. The molecule has 3 rings (SSSR count). The summed E-state index contributed by atoms with van der Waals surface area (Å²) in [5.74, 6) is 2.99. The topological polar surface area (TPSA) is 29.5 Å². The minimum Gasteiger partial charge on any atom is -0.423 e. The van der Waals surface area contributed by atoms with Crippen molar-refractivity contribution in [2.24, 2.45) is 0 Å². The Balaban J connectivity index is 1.89. The molecule has 0 heterocycles. The summed E-state index contributed by atoms with van der Waals surface area (Å²) in [4.78, 5) is 14.5. The van der Waals surface area contributed by atoms with Gasteiger partial charge in [-0.05, 0) is 43.7 Å². The van der Waals surface area contributed by atoms with E-state index in [0.29, 0.717) is 17.9 Å². The van der Waals surface area contributed by atoms with Crippen molar-refractivity contribution < 1.29 is 9.53 Å². The van der Waals surface area contributed by atoms with Gasteiger partial charge in [0.25, 0.3) is 0 Å². The lowest BCUT2D eigenvalue weighted by molar-refractivity contribution is 0.0730. The van der Waals surface area contributed by atoms with E-state index in [2.05, 4.69) is 16.9 Å². The van der Waals surface area contributed by atoms with Crippen LogP contribution in [0.5, 0.6) is 5.75 Å². The fraction of sp³-hybridized carbons (Fsp3) is 0.250. The van der Waals surface area contributed by atoms with Crippen molar-refractivity contribution in [2.75, 3.05) is 13.6 Å². The number of hydrogen-bond donors (Lipinski definition) is 0. The maximum atomic E-state index is 12.3. The molecular weight excluding hydrogens is 286 g/mol. The lowest BCUT2D eigenvalue weighted by Crippen LogP contribution is -2.24. The Morgan fingerprint density at radius 3 is 2.78 bits per heavy atom. The Bertz CT molecular complexity index is 746. The largest absolute Gasteiger partial charge is 0.423 e. The van der Waals surface area contributed by atoms with Gasteiger partial charge in [-0.1, -0.05) is 36.3 Å². The van der Waals surface area contributed by atoms with Crippen LogP contribution >= 0.6 is 0 Å². The summed E-state index contributed by atoms with van der Waals surface area (Å²) >= 11 is 0. The summed E-state index contributed by atoms with van der Waals surface area (Å²) in [7, 11) is 2.01. The lowest BCUT2D eigenvalue weighted by atomic mass is 10.1. The summed E-state index contributed by atoms with van der Waals surface area (Å²) in [6, 6.07) is 15.1. The van der Waals surface area contributed by atoms with Crippen molar-refractivity contribution in [1.82, 2.24) is 4.90 Å². The van der Waals surface area contributed by atoms with Crippen molar-refractivity contribution in [3.8, 4) is 18.1 Å². The number of benzene rings is 2. The normalized spacial score (nSPS) is 16.0. The molecule has 0 bridgehead atoms. The fourth-order valence-corrected chi connectivity index (χ4v) is 3.14. The van der Waals surface area contributed by atoms with Gasteiger partial charge in [-0.3, -0.25) is 4.90 Å². The van der Waals surface area contributed by atoms with Gasteiger partial charge in [-0.15, -0.1) is 6.42 Å². The Morgan fingerprint density at radius 1 is 1.26 bits per heavy atom. The van der Waals surface area contributed by atoms with Crippen LogP contribution in [0.15, 0.2) is 48.5 Å². The third-order valence-electron chi connectivity index (χ3n) is 4.26. The monoisotopic (exact) mass is 305 g/mol. The predicted molar refractivity (Wildman–Crippen MR) is 90.4 cm³/mol. The quantitative estimate of drug-likeness (QED) is 0.492. The molecule has 0 N–H and O–H groups in total. The van der Waals surface area contributed by atoms with Gasteiger partial charge in [0, 0.05) is 11.6 Å². The summed E-state index contributed by atoms with van der Waals surface area (Å²) in [6.07, 6.45) is 7.41. The molecule has 0 aromatic heterocycles. The molecule has 0 radical (unpaired) electrons. The van der Waals surface area contributed by atoms with Crippen LogP contribution in [-0.4, -0.2) is 24.5 Å². The number of carbonyl (C=O) groups excluding carboxylic acids is 1. The van der Waals surface area contributed by atoms with Gasteiger partial charge in [-0.25, -0.2) is 4.79 Å². The summed E-state index contributed by atoms with van der Waals surface area (Å²) in [6.45, 7) is 0.574. The molecule has 23 heavy (non-hydrogen) atoms. The Hall–Kier alpha value is -2.57. The van der Waals surface area contributed by atoms with E-state index in [1.165, 1.54) is 5.56 Å². The number of terminal acetylenes is 1. The molecule has 2 aromatic carbocycles. The summed E-state index contributed by atoms with van der Waals surface area (Å²) in [5, 5.41) is 0. The fourth-order valence-electron chi connectivity index (χ4n) is 3.14. The molecule has 1 aliphatic rings. The number of carbonyl (C=O) groups is 1. The number of aryl methyl sites for hydroxylation is 1. The molecule has 2 aromatic rings. The molecular formula is C20H19NO2. The van der Waals surface area contributed by atoms with E-state index >= 15 is 0 Å². The van der Waals surface area contributed by atoms with Gasteiger partial charge in [-0.2, -0.15) is 0 Å². The minimum atomic E-state index is -0.329. The number of nitrogens with zero attached hydrogens (tertiary/aromatic N) is 1. The molecule has 0 saturated carbocycles. The van der Waals surface area contributed by atoms with Crippen molar-refractivity contribution in [3.05, 3.63) is 65.2 Å². The van der Waals surface area contributed by atoms with Crippen LogP contribution in [0.4, 0.5) is 0 Å². The van der Waals surface area contributed by atoms with E-state index < -0.39 is 0 Å². The molecule has 3 nitrogen and oxygen atoms in total. The van der Waals surface area contributed by atoms with Crippen LogP contribution in [-0.2, 0) is 6.42 Å². The van der Waals surface area contributed by atoms with Gasteiger partial charge in [0.1, 0.15) is 5.75 Å². The minimum absolute atomic E-state index is 0.195. The number of rotatable bonds is 4. The van der Waals surface area contributed by atoms with E-state index in [4.69, 9.17) is 11.2 Å². The van der Waals surface area contributed by atoms with Crippen molar-refractivity contribution in [2.45, 2.75) is 18.9 Å². The van der Waals surface area contributed by atoms with E-state index in [9.17, 15) is 4.79 Å². The maximum absolute atomic E-state index is 12.3. The average Bonchev–Trinajstić information content (AvgIpc) is 3.01. The third-order valence-corrected chi connectivity index (χ3v) is 4.26. The molecule has 0 saturated heterocycles.